The van der Waals surface area contributed by atoms with Gasteiger partial charge in [0.25, 0.3) is 0 Å². The average Bonchev–Trinajstić information content (AvgIpc) is 2.29. The van der Waals surface area contributed by atoms with Gasteiger partial charge in [0.2, 0.25) is 5.28 Å². The molecule has 17 heavy (non-hydrogen) atoms. The summed E-state index contributed by atoms with van der Waals surface area (Å²) in [5, 5.41) is 10.9. The molecule has 2 aromatic rings. The van der Waals surface area contributed by atoms with Crippen LogP contribution in [0, 0.1) is 6.92 Å². The van der Waals surface area contributed by atoms with Gasteiger partial charge in [-0.25, -0.2) is 0 Å². The van der Waals surface area contributed by atoms with E-state index in [9.17, 15) is 0 Å². The van der Waals surface area contributed by atoms with Crippen LogP contribution in [0.15, 0.2) is 18.2 Å². The number of rotatable bonds is 2. The minimum absolute atomic E-state index is 0.0232. The van der Waals surface area contributed by atoms with E-state index in [1.54, 1.807) is 6.07 Å². The van der Waals surface area contributed by atoms with Crippen LogP contribution in [0.4, 0.5) is 11.5 Å². The molecule has 0 atom stereocenters. The molecule has 1 N–H and O–H groups in total. The molecule has 0 aliphatic carbocycles. The van der Waals surface area contributed by atoms with Crippen LogP contribution < -0.4 is 5.32 Å². The molecule has 1 heterocycles. The molecule has 7 heteroatoms. The predicted octanol–water partition coefficient (Wildman–Crippen LogP) is 3.88. The van der Waals surface area contributed by atoms with Gasteiger partial charge in [-0.3, -0.25) is 0 Å². The van der Waals surface area contributed by atoms with Gasteiger partial charge in [0.05, 0.1) is 0 Å². The van der Waals surface area contributed by atoms with Crippen LogP contribution in [0.2, 0.25) is 15.5 Å². The Labute approximate surface area is 113 Å². The molecule has 0 aliphatic heterocycles. The first-order chi connectivity index (χ1) is 8.06. The molecular weight excluding hydrogens is 282 g/mol. The van der Waals surface area contributed by atoms with E-state index in [2.05, 4.69) is 20.5 Å². The van der Waals surface area contributed by atoms with Crippen LogP contribution in [0.25, 0.3) is 0 Å². The molecule has 0 aliphatic rings. The second-order valence-corrected chi connectivity index (χ2v) is 4.41. The first kappa shape index (κ1) is 12.4. The molecule has 0 saturated heterocycles. The summed E-state index contributed by atoms with van der Waals surface area (Å²) in [6, 6.07) is 5.51. The molecule has 0 bridgehead atoms. The SMILES string of the molecule is Cc1ccc(Nc2nc(Cl)nnc2Cl)cc1Cl. The lowest BCUT2D eigenvalue weighted by Crippen LogP contribution is -1.98. The van der Waals surface area contributed by atoms with Crippen molar-refractivity contribution in [2.24, 2.45) is 0 Å². The van der Waals surface area contributed by atoms with Gasteiger partial charge < -0.3 is 5.32 Å². The second-order valence-electron chi connectivity index (χ2n) is 3.31. The number of halogens is 3. The normalized spacial score (nSPS) is 10.4. The number of aromatic nitrogens is 3. The van der Waals surface area contributed by atoms with Crippen LogP contribution in [0.5, 0.6) is 0 Å². The highest BCUT2D eigenvalue weighted by Crippen LogP contribution is 2.25. The van der Waals surface area contributed by atoms with Gasteiger partial charge in [-0.15, -0.1) is 10.2 Å². The lowest BCUT2D eigenvalue weighted by molar-refractivity contribution is 0.975. The van der Waals surface area contributed by atoms with E-state index < -0.39 is 0 Å². The third kappa shape index (κ3) is 2.97. The minimum atomic E-state index is 0.0232. The number of hydrogen-bond donors (Lipinski definition) is 1. The fourth-order valence-electron chi connectivity index (χ4n) is 1.18. The molecule has 1 aromatic heterocycles. The van der Waals surface area contributed by atoms with E-state index in [1.807, 2.05) is 19.1 Å². The van der Waals surface area contributed by atoms with Crippen LogP contribution in [0.3, 0.4) is 0 Å². The first-order valence-electron chi connectivity index (χ1n) is 4.65. The van der Waals surface area contributed by atoms with Gasteiger partial charge in [0.15, 0.2) is 11.0 Å². The van der Waals surface area contributed by atoms with E-state index >= 15 is 0 Å². The average molecular weight is 290 g/mol. The van der Waals surface area contributed by atoms with Gasteiger partial charge in [-0.2, -0.15) is 4.98 Å². The Morgan fingerprint density at radius 3 is 2.59 bits per heavy atom. The van der Waals surface area contributed by atoms with Gasteiger partial charge in [0.1, 0.15) is 0 Å². The number of anilines is 2. The summed E-state index contributed by atoms with van der Waals surface area (Å²) in [7, 11) is 0. The quantitative estimate of drug-likeness (QED) is 0.911. The maximum atomic E-state index is 6.00. The van der Waals surface area contributed by atoms with Crippen LogP contribution in [-0.4, -0.2) is 15.2 Å². The highest BCUT2D eigenvalue weighted by atomic mass is 35.5. The van der Waals surface area contributed by atoms with Crippen molar-refractivity contribution in [3.05, 3.63) is 39.2 Å². The summed E-state index contributed by atoms with van der Waals surface area (Å²) in [4.78, 5) is 3.93. The van der Waals surface area contributed by atoms with Crippen molar-refractivity contribution in [2.75, 3.05) is 5.32 Å². The summed E-state index contributed by atoms with van der Waals surface area (Å²) in [5.74, 6) is 0.339. The van der Waals surface area contributed by atoms with Gasteiger partial charge in [-0.1, -0.05) is 29.3 Å². The zero-order chi connectivity index (χ0) is 12.4. The standard InChI is InChI=1S/C10H7Cl3N4/c1-5-2-3-6(4-7(5)11)14-9-8(12)16-17-10(13)15-9/h2-4H,1H3,(H,14,15,17). The number of nitrogens with one attached hydrogen (secondary N) is 1. The molecule has 2 rings (SSSR count). The summed E-state index contributed by atoms with van der Waals surface area (Å²) in [5.41, 5.74) is 1.74. The fourth-order valence-corrected chi connectivity index (χ4v) is 1.61. The lowest BCUT2D eigenvalue weighted by Gasteiger charge is -2.07. The topological polar surface area (TPSA) is 50.7 Å². The van der Waals surface area contributed by atoms with E-state index in [0.717, 1.165) is 11.3 Å². The van der Waals surface area contributed by atoms with Crippen molar-refractivity contribution in [3.8, 4) is 0 Å². The maximum absolute atomic E-state index is 6.00. The van der Waals surface area contributed by atoms with Gasteiger partial charge in [-0.05, 0) is 36.2 Å². The smallest absolute Gasteiger partial charge is 0.245 e. The molecule has 0 spiro atoms. The van der Waals surface area contributed by atoms with Crippen molar-refractivity contribution in [2.45, 2.75) is 6.92 Å². The summed E-state index contributed by atoms with van der Waals surface area (Å²) in [6.45, 7) is 1.92. The number of hydrogen-bond acceptors (Lipinski definition) is 4. The fraction of sp³-hybridized carbons (Fsp3) is 0.100. The third-order valence-corrected chi connectivity index (χ3v) is 2.88. The van der Waals surface area contributed by atoms with Crippen LogP contribution in [0.1, 0.15) is 5.56 Å². The Balaban J connectivity index is 2.31. The maximum Gasteiger partial charge on any atom is 0.245 e. The first-order valence-corrected chi connectivity index (χ1v) is 5.78. The van der Waals surface area contributed by atoms with Gasteiger partial charge in [0, 0.05) is 10.7 Å². The van der Waals surface area contributed by atoms with Crippen molar-refractivity contribution in [1.29, 1.82) is 0 Å². The third-order valence-electron chi connectivity index (χ3n) is 2.05. The molecule has 0 unspecified atom stereocenters. The van der Waals surface area contributed by atoms with E-state index in [1.165, 1.54) is 0 Å². The van der Waals surface area contributed by atoms with Crippen molar-refractivity contribution in [3.63, 3.8) is 0 Å². The minimum Gasteiger partial charge on any atom is -0.337 e. The Hall–Kier alpha value is -1.10. The molecule has 0 amide bonds. The lowest BCUT2D eigenvalue weighted by atomic mass is 10.2. The van der Waals surface area contributed by atoms with E-state index in [0.29, 0.717) is 10.8 Å². The van der Waals surface area contributed by atoms with Crippen LogP contribution >= 0.6 is 34.8 Å². The Morgan fingerprint density at radius 2 is 1.88 bits per heavy atom. The molecule has 0 radical (unpaired) electrons. The van der Waals surface area contributed by atoms with E-state index in [4.69, 9.17) is 34.8 Å². The summed E-state index contributed by atoms with van der Waals surface area (Å²) in [6.07, 6.45) is 0. The zero-order valence-electron chi connectivity index (χ0n) is 8.71. The molecule has 0 saturated carbocycles. The summed E-state index contributed by atoms with van der Waals surface area (Å²) >= 11 is 17.5. The van der Waals surface area contributed by atoms with Gasteiger partial charge >= 0.3 is 0 Å². The second kappa shape index (κ2) is 5.04. The highest BCUT2D eigenvalue weighted by Gasteiger charge is 2.07. The van der Waals surface area contributed by atoms with Crippen LogP contribution in [-0.2, 0) is 0 Å². The predicted molar refractivity (Wildman–Crippen MR) is 69.3 cm³/mol. The van der Waals surface area contributed by atoms with Crippen molar-refractivity contribution >= 4 is 46.3 Å². The van der Waals surface area contributed by atoms with Crippen molar-refractivity contribution < 1.29 is 0 Å². The monoisotopic (exact) mass is 288 g/mol. The number of benzene rings is 1. The largest absolute Gasteiger partial charge is 0.337 e. The Kier molecular flexibility index (Phi) is 3.66. The number of aryl methyl sites for hydroxylation is 1. The number of nitrogens with zero attached hydrogens (tertiary/aromatic N) is 3. The molecule has 1 aromatic carbocycles. The molecule has 0 fully saturated rings. The summed E-state index contributed by atoms with van der Waals surface area (Å²) < 4.78 is 0. The molecule has 4 nitrogen and oxygen atoms in total. The zero-order valence-corrected chi connectivity index (χ0v) is 11.0. The highest BCUT2D eigenvalue weighted by molar-refractivity contribution is 6.33. The Morgan fingerprint density at radius 1 is 1.12 bits per heavy atom. The molecule has 88 valence electrons. The van der Waals surface area contributed by atoms with E-state index in [-0.39, 0.29) is 10.4 Å². The van der Waals surface area contributed by atoms with Crippen molar-refractivity contribution in [1.82, 2.24) is 15.2 Å². The molecular formula is C10H7Cl3N4. The Bertz CT molecular complexity index is 559.